The monoisotopic (exact) mass is 447 g/mol. The fraction of sp³-hybridized carbons (Fsp3) is 0.333. The van der Waals surface area contributed by atoms with Crippen LogP contribution in [0.1, 0.15) is 24.2 Å². The number of nitrogens with zero attached hydrogens (tertiary/aromatic N) is 5. The molecule has 32 heavy (non-hydrogen) atoms. The smallest absolute Gasteiger partial charge is 0.237 e. The summed E-state index contributed by atoms with van der Waals surface area (Å²) in [6.07, 6.45) is 1.01. The topological polar surface area (TPSA) is 77.2 Å². The molecule has 2 aromatic carbocycles. The Labute approximate surface area is 191 Å². The Kier molecular flexibility index (Phi) is 6.43. The van der Waals surface area contributed by atoms with Gasteiger partial charge in [0, 0.05) is 24.0 Å². The molecule has 0 unspecified atom stereocenters. The standard InChI is InChI=1S/C24H25N5O2S/c1-2-17-7-9-18(10-8-17)23-27-22(31-28-23)16-32-24-19-5-3-4-6-20(19)25-21(26-24)15-29-11-13-30-14-12-29/h3-10H,2,11-16H2,1H3. The summed E-state index contributed by atoms with van der Waals surface area (Å²) < 4.78 is 11.0. The third kappa shape index (κ3) is 4.82. The van der Waals surface area contributed by atoms with Crippen molar-refractivity contribution < 1.29 is 9.26 Å². The zero-order valence-electron chi connectivity index (χ0n) is 18.0. The largest absolute Gasteiger partial charge is 0.379 e. The number of hydrogen-bond donors (Lipinski definition) is 0. The maximum atomic E-state index is 5.51. The van der Waals surface area contributed by atoms with Crippen molar-refractivity contribution in [2.45, 2.75) is 30.7 Å². The predicted molar refractivity (Wildman–Crippen MR) is 124 cm³/mol. The number of aromatic nitrogens is 4. The number of para-hydroxylation sites is 1. The minimum absolute atomic E-state index is 0.554. The molecule has 0 saturated carbocycles. The van der Waals surface area contributed by atoms with E-state index < -0.39 is 0 Å². The molecule has 4 aromatic rings. The van der Waals surface area contributed by atoms with Gasteiger partial charge in [0.2, 0.25) is 11.7 Å². The normalized spacial score (nSPS) is 14.8. The van der Waals surface area contributed by atoms with Gasteiger partial charge in [-0.05, 0) is 18.1 Å². The van der Waals surface area contributed by atoms with Crippen molar-refractivity contribution >= 4 is 22.7 Å². The molecule has 1 saturated heterocycles. The molecule has 0 amide bonds. The van der Waals surface area contributed by atoms with Crippen LogP contribution < -0.4 is 0 Å². The van der Waals surface area contributed by atoms with Crippen molar-refractivity contribution in [1.82, 2.24) is 25.0 Å². The first-order chi connectivity index (χ1) is 15.8. The first-order valence-corrected chi connectivity index (χ1v) is 11.9. The van der Waals surface area contributed by atoms with Gasteiger partial charge in [-0.1, -0.05) is 66.3 Å². The molecule has 0 spiro atoms. The van der Waals surface area contributed by atoms with E-state index in [1.54, 1.807) is 11.8 Å². The molecular weight excluding hydrogens is 422 g/mol. The Balaban J connectivity index is 1.33. The summed E-state index contributed by atoms with van der Waals surface area (Å²) in [5.41, 5.74) is 3.20. The minimum atomic E-state index is 0.554. The predicted octanol–water partition coefficient (Wildman–Crippen LogP) is 4.37. The van der Waals surface area contributed by atoms with Gasteiger partial charge in [0.1, 0.15) is 10.9 Å². The molecule has 0 N–H and O–H groups in total. The quantitative estimate of drug-likeness (QED) is 0.305. The highest BCUT2D eigenvalue weighted by atomic mass is 32.2. The molecule has 1 aliphatic rings. The van der Waals surface area contributed by atoms with Gasteiger partial charge >= 0.3 is 0 Å². The van der Waals surface area contributed by atoms with E-state index in [-0.39, 0.29) is 0 Å². The molecule has 1 aliphatic heterocycles. The summed E-state index contributed by atoms with van der Waals surface area (Å²) in [5, 5.41) is 6.14. The van der Waals surface area contributed by atoms with Crippen molar-refractivity contribution in [3.05, 3.63) is 65.8 Å². The lowest BCUT2D eigenvalue weighted by molar-refractivity contribution is 0.0330. The summed E-state index contributed by atoms with van der Waals surface area (Å²) in [7, 11) is 0. The van der Waals surface area contributed by atoms with Crippen LogP contribution in [-0.2, 0) is 23.5 Å². The lowest BCUT2D eigenvalue weighted by Crippen LogP contribution is -2.36. The molecule has 0 atom stereocenters. The van der Waals surface area contributed by atoms with Crippen molar-refractivity contribution in [2.24, 2.45) is 0 Å². The van der Waals surface area contributed by atoms with E-state index >= 15 is 0 Å². The fourth-order valence-corrected chi connectivity index (χ4v) is 4.56. The zero-order valence-corrected chi connectivity index (χ0v) is 18.8. The molecule has 2 aromatic heterocycles. The van der Waals surface area contributed by atoms with Crippen LogP contribution in [0.2, 0.25) is 0 Å². The van der Waals surface area contributed by atoms with Crippen molar-refractivity contribution in [2.75, 3.05) is 26.3 Å². The van der Waals surface area contributed by atoms with E-state index in [4.69, 9.17) is 19.2 Å². The first kappa shape index (κ1) is 21.1. The Morgan fingerprint density at radius 1 is 0.969 bits per heavy atom. The van der Waals surface area contributed by atoms with Gasteiger partial charge in [0.05, 0.1) is 31.0 Å². The van der Waals surface area contributed by atoms with Crippen LogP contribution >= 0.6 is 11.8 Å². The van der Waals surface area contributed by atoms with E-state index in [0.717, 1.165) is 66.6 Å². The number of thioether (sulfide) groups is 1. The number of fused-ring (bicyclic) bond motifs is 1. The highest BCUT2D eigenvalue weighted by molar-refractivity contribution is 7.98. The average molecular weight is 448 g/mol. The summed E-state index contributed by atoms with van der Waals surface area (Å²) >= 11 is 1.60. The average Bonchev–Trinajstić information content (AvgIpc) is 3.32. The highest BCUT2D eigenvalue weighted by Crippen LogP contribution is 2.29. The minimum Gasteiger partial charge on any atom is -0.379 e. The summed E-state index contributed by atoms with van der Waals surface area (Å²) in [6, 6.07) is 16.4. The number of aryl methyl sites for hydroxylation is 1. The molecular formula is C24H25N5O2S. The summed E-state index contributed by atoms with van der Waals surface area (Å²) in [4.78, 5) is 16.6. The van der Waals surface area contributed by atoms with Gasteiger partial charge in [0.25, 0.3) is 0 Å². The van der Waals surface area contributed by atoms with E-state index in [0.29, 0.717) is 17.5 Å². The molecule has 164 valence electrons. The van der Waals surface area contributed by atoms with Gasteiger partial charge in [-0.25, -0.2) is 9.97 Å². The molecule has 8 heteroatoms. The van der Waals surface area contributed by atoms with E-state index in [2.05, 4.69) is 40.2 Å². The van der Waals surface area contributed by atoms with Crippen LogP contribution in [0.25, 0.3) is 22.3 Å². The van der Waals surface area contributed by atoms with Crippen LogP contribution in [0.15, 0.2) is 58.1 Å². The van der Waals surface area contributed by atoms with Crippen molar-refractivity contribution in [1.29, 1.82) is 0 Å². The Morgan fingerprint density at radius 3 is 2.59 bits per heavy atom. The second kappa shape index (κ2) is 9.77. The lowest BCUT2D eigenvalue weighted by atomic mass is 10.1. The lowest BCUT2D eigenvalue weighted by Gasteiger charge is -2.25. The molecule has 5 rings (SSSR count). The van der Waals surface area contributed by atoms with Crippen LogP contribution in [0.5, 0.6) is 0 Å². The van der Waals surface area contributed by atoms with Crippen molar-refractivity contribution in [3.8, 4) is 11.4 Å². The molecule has 0 aliphatic carbocycles. The number of morpholine rings is 1. The third-order valence-corrected chi connectivity index (χ3v) is 6.48. The maximum absolute atomic E-state index is 5.51. The van der Waals surface area contributed by atoms with Crippen LogP contribution in [0, 0.1) is 0 Å². The van der Waals surface area contributed by atoms with Gasteiger partial charge in [0.15, 0.2) is 0 Å². The van der Waals surface area contributed by atoms with Gasteiger partial charge < -0.3 is 9.26 Å². The van der Waals surface area contributed by atoms with Gasteiger partial charge in [-0.15, -0.1) is 0 Å². The first-order valence-electron chi connectivity index (χ1n) is 10.9. The number of hydrogen-bond acceptors (Lipinski definition) is 8. The van der Waals surface area contributed by atoms with E-state index in [1.807, 2.05) is 30.3 Å². The molecule has 7 nitrogen and oxygen atoms in total. The fourth-order valence-electron chi connectivity index (χ4n) is 3.68. The van der Waals surface area contributed by atoms with Gasteiger partial charge in [-0.2, -0.15) is 4.98 Å². The third-order valence-electron chi connectivity index (χ3n) is 5.50. The second-order valence-electron chi connectivity index (χ2n) is 7.70. The van der Waals surface area contributed by atoms with E-state index in [1.165, 1.54) is 5.56 Å². The Hall–Kier alpha value is -2.81. The Bertz CT molecular complexity index is 1190. The molecule has 3 heterocycles. The second-order valence-corrected chi connectivity index (χ2v) is 8.67. The SMILES string of the molecule is CCc1ccc(-c2noc(CSc3nc(CN4CCOCC4)nc4ccccc34)n2)cc1. The summed E-state index contributed by atoms with van der Waals surface area (Å²) in [6.45, 7) is 6.19. The van der Waals surface area contributed by atoms with Crippen LogP contribution in [0.3, 0.4) is 0 Å². The number of benzene rings is 2. The van der Waals surface area contributed by atoms with Crippen LogP contribution in [0.4, 0.5) is 0 Å². The Morgan fingerprint density at radius 2 is 1.78 bits per heavy atom. The summed E-state index contributed by atoms with van der Waals surface area (Å²) in [5.74, 6) is 2.58. The number of rotatable bonds is 7. The molecule has 0 bridgehead atoms. The molecule has 1 fully saturated rings. The molecule has 0 radical (unpaired) electrons. The maximum Gasteiger partial charge on any atom is 0.237 e. The van der Waals surface area contributed by atoms with Gasteiger partial charge in [-0.3, -0.25) is 4.90 Å². The zero-order chi connectivity index (χ0) is 21.8. The highest BCUT2D eigenvalue weighted by Gasteiger charge is 2.16. The van der Waals surface area contributed by atoms with Crippen LogP contribution in [-0.4, -0.2) is 51.3 Å². The van der Waals surface area contributed by atoms with E-state index in [9.17, 15) is 0 Å². The van der Waals surface area contributed by atoms with Crippen molar-refractivity contribution in [3.63, 3.8) is 0 Å². The number of ether oxygens (including phenoxy) is 1.